The van der Waals surface area contributed by atoms with E-state index in [9.17, 15) is 14.4 Å². The van der Waals surface area contributed by atoms with E-state index in [4.69, 9.17) is 15.1 Å². The lowest BCUT2D eigenvalue weighted by Gasteiger charge is -2.15. The molecule has 0 saturated heterocycles. The first-order valence-electron chi connectivity index (χ1n) is 14.5. The van der Waals surface area contributed by atoms with Crippen LogP contribution in [0.5, 0.6) is 0 Å². The second-order valence-electron chi connectivity index (χ2n) is 10.7. The summed E-state index contributed by atoms with van der Waals surface area (Å²) in [6.45, 7) is 4.55. The third kappa shape index (κ3) is 5.57. The second-order valence-corrected chi connectivity index (χ2v) is 11.8. The highest BCUT2D eigenvalue weighted by atomic mass is 32.1. The Kier molecular flexibility index (Phi) is 8.68. The number of hydrogen-bond donors (Lipinski definition) is 2. The molecular weight excluding hydrogens is 538 g/mol. The number of nitrogens with zero attached hydrogens (tertiary/aromatic N) is 3. The van der Waals surface area contributed by atoms with E-state index in [2.05, 4.69) is 12.2 Å². The first-order valence-corrected chi connectivity index (χ1v) is 15.3. The molecule has 0 atom stereocenters. The van der Waals surface area contributed by atoms with Gasteiger partial charge in [0.2, 0.25) is 0 Å². The zero-order valence-electron chi connectivity index (χ0n) is 24.0. The van der Waals surface area contributed by atoms with E-state index in [-0.39, 0.29) is 22.0 Å². The van der Waals surface area contributed by atoms with Crippen LogP contribution in [0.1, 0.15) is 95.0 Å². The summed E-state index contributed by atoms with van der Waals surface area (Å²) in [6.07, 6.45) is 11.7. The molecule has 2 N–H and O–H groups in total. The van der Waals surface area contributed by atoms with Crippen molar-refractivity contribution in [2.75, 3.05) is 12.4 Å². The van der Waals surface area contributed by atoms with Crippen LogP contribution in [0.15, 0.2) is 29.2 Å². The minimum atomic E-state index is -0.536. The van der Waals surface area contributed by atoms with E-state index in [1.165, 1.54) is 41.8 Å². The van der Waals surface area contributed by atoms with Crippen LogP contribution in [0.2, 0.25) is 0 Å². The number of hydrogen-bond acceptors (Lipinski definition) is 7. The average molecular weight is 576 g/mol. The Morgan fingerprint density at radius 1 is 1.12 bits per heavy atom. The number of carbonyl (C=O) groups excluding carboxylic acids is 2. The molecule has 0 fully saturated rings. The molecule has 1 aliphatic rings. The predicted molar refractivity (Wildman–Crippen MR) is 161 cm³/mol. The van der Waals surface area contributed by atoms with Crippen LogP contribution < -0.4 is 16.4 Å². The number of esters is 1. The van der Waals surface area contributed by atoms with E-state index in [0.717, 1.165) is 67.4 Å². The van der Waals surface area contributed by atoms with Crippen molar-refractivity contribution in [1.82, 2.24) is 14.0 Å². The quantitative estimate of drug-likeness (QED) is 0.141. The normalized spacial score (nSPS) is 13.0. The number of unbranched alkanes of at least 4 members (excludes halogenated alkanes) is 5. The van der Waals surface area contributed by atoms with Crippen molar-refractivity contribution in [2.24, 2.45) is 0 Å². The molecule has 4 aromatic rings. The predicted octanol–water partition coefficient (Wildman–Crippen LogP) is 5.78. The topological polar surface area (TPSA) is 119 Å². The van der Waals surface area contributed by atoms with Gasteiger partial charge < -0.3 is 14.6 Å². The van der Waals surface area contributed by atoms with E-state index >= 15 is 0 Å². The van der Waals surface area contributed by atoms with Gasteiger partial charge in [-0.3, -0.25) is 19.4 Å². The van der Waals surface area contributed by atoms with E-state index < -0.39 is 11.9 Å². The third-order valence-electron chi connectivity index (χ3n) is 7.90. The Balaban J connectivity index is 1.59. The van der Waals surface area contributed by atoms with Crippen molar-refractivity contribution in [3.63, 3.8) is 0 Å². The smallest absolute Gasteiger partial charge is 0.341 e. The number of thiophene rings is 1. The zero-order valence-corrected chi connectivity index (χ0v) is 24.8. The van der Waals surface area contributed by atoms with E-state index in [1.54, 1.807) is 16.8 Å². The summed E-state index contributed by atoms with van der Waals surface area (Å²) in [5.74, 6) is -1.02. The monoisotopic (exact) mass is 575 g/mol. The highest BCUT2D eigenvalue weighted by molar-refractivity contribution is 7.17. The molecule has 41 heavy (non-hydrogen) atoms. The maximum atomic E-state index is 13.8. The highest BCUT2D eigenvalue weighted by Crippen LogP contribution is 2.38. The van der Waals surface area contributed by atoms with Crippen LogP contribution >= 0.6 is 11.3 Å². The van der Waals surface area contributed by atoms with Crippen molar-refractivity contribution in [2.45, 2.75) is 84.6 Å². The summed E-state index contributed by atoms with van der Waals surface area (Å²) in [4.78, 5) is 46.1. The second kappa shape index (κ2) is 12.4. The minimum absolute atomic E-state index is 0.00525. The molecule has 0 aliphatic heterocycles. The third-order valence-corrected chi connectivity index (χ3v) is 9.11. The molecule has 4 heterocycles. The molecule has 5 rings (SSSR count). The number of methoxy groups -OCH3 is 1. The molecule has 4 aromatic heterocycles. The number of amides is 1. The van der Waals surface area contributed by atoms with Gasteiger partial charge in [0, 0.05) is 17.6 Å². The maximum absolute atomic E-state index is 13.8. The molecular formula is C31H37N5O4S. The lowest BCUT2D eigenvalue weighted by Crippen LogP contribution is -2.32. The number of ether oxygens (including phenoxy) is 1. The standard InChI is InChI=1S/C31H37N5O4S/c1-4-5-6-7-8-11-16-35-25(32)21(18-22-27(35)33-26-19(2)13-12-17-36(26)30(22)38)28(37)34-29-24(31(39)40-3)20-14-9-10-15-23(20)41-29/h12-13,17-18,32H,4-11,14-16H2,1-3H3,(H,34,37). The minimum Gasteiger partial charge on any atom is -0.465 e. The summed E-state index contributed by atoms with van der Waals surface area (Å²) in [7, 11) is 1.34. The Hall–Kier alpha value is -3.79. The van der Waals surface area contributed by atoms with E-state index in [0.29, 0.717) is 28.4 Å². The van der Waals surface area contributed by atoms with Crippen LogP contribution in [-0.2, 0) is 24.1 Å². The summed E-state index contributed by atoms with van der Waals surface area (Å²) >= 11 is 1.39. The van der Waals surface area contributed by atoms with Crippen LogP contribution in [0, 0.1) is 12.3 Å². The van der Waals surface area contributed by atoms with Gasteiger partial charge in [-0.2, -0.15) is 0 Å². The molecule has 0 bridgehead atoms. The highest BCUT2D eigenvalue weighted by Gasteiger charge is 2.28. The molecule has 1 aliphatic carbocycles. The van der Waals surface area contributed by atoms with Gasteiger partial charge in [0.15, 0.2) is 0 Å². The summed E-state index contributed by atoms with van der Waals surface area (Å²) in [5, 5.41) is 12.7. The number of carbonyl (C=O) groups is 2. The Morgan fingerprint density at radius 2 is 1.88 bits per heavy atom. The molecule has 0 unspecified atom stereocenters. The van der Waals surface area contributed by atoms with Gasteiger partial charge in [-0.25, -0.2) is 9.78 Å². The molecule has 10 heteroatoms. The molecule has 216 valence electrons. The summed E-state index contributed by atoms with van der Waals surface area (Å²) in [6, 6.07) is 5.16. The van der Waals surface area contributed by atoms with Crippen LogP contribution in [0.25, 0.3) is 16.7 Å². The van der Waals surface area contributed by atoms with E-state index in [1.807, 2.05) is 13.0 Å². The van der Waals surface area contributed by atoms with Crippen molar-refractivity contribution in [3.8, 4) is 0 Å². The number of aromatic nitrogens is 3. The molecule has 9 nitrogen and oxygen atoms in total. The number of rotatable bonds is 10. The number of pyridine rings is 2. The largest absolute Gasteiger partial charge is 0.465 e. The molecule has 0 saturated carbocycles. The average Bonchev–Trinajstić information content (AvgIpc) is 3.33. The van der Waals surface area contributed by atoms with Gasteiger partial charge in [-0.15, -0.1) is 11.3 Å². The number of anilines is 1. The number of fused-ring (bicyclic) bond motifs is 3. The summed E-state index contributed by atoms with van der Waals surface area (Å²) < 4.78 is 8.24. The Bertz CT molecular complexity index is 1750. The molecule has 0 aromatic carbocycles. The SMILES string of the molecule is CCCCCCCCn1c(=N)c(C(=O)Nc2sc3c(c2C(=O)OC)CCCC3)cc2c(=O)n3cccc(C)c3nc21. The first kappa shape index (κ1) is 28.7. The Morgan fingerprint density at radius 3 is 2.66 bits per heavy atom. The lowest BCUT2D eigenvalue weighted by molar-refractivity contribution is 0.0601. The Labute approximate surface area is 242 Å². The van der Waals surface area contributed by atoms with Crippen LogP contribution in [0.3, 0.4) is 0 Å². The first-order chi connectivity index (χ1) is 19.8. The molecule has 0 spiro atoms. The fourth-order valence-electron chi connectivity index (χ4n) is 5.68. The van der Waals surface area contributed by atoms with Gasteiger partial charge in [0.1, 0.15) is 21.8 Å². The van der Waals surface area contributed by atoms with Gasteiger partial charge in [-0.1, -0.05) is 45.1 Å². The van der Waals surface area contributed by atoms with Crippen molar-refractivity contribution in [3.05, 3.63) is 67.4 Å². The molecule has 0 radical (unpaired) electrons. The van der Waals surface area contributed by atoms with Crippen molar-refractivity contribution in [1.29, 1.82) is 5.41 Å². The summed E-state index contributed by atoms with van der Waals surface area (Å²) in [5.41, 5.74) is 2.90. The fourth-order valence-corrected chi connectivity index (χ4v) is 6.95. The maximum Gasteiger partial charge on any atom is 0.341 e. The zero-order chi connectivity index (χ0) is 29.1. The van der Waals surface area contributed by atoms with Gasteiger partial charge >= 0.3 is 5.97 Å². The number of aryl methyl sites for hydroxylation is 3. The number of nitrogens with one attached hydrogen (secondary N) is 2. The van der Waals surface area contributed by atoms with Gasteiger partial charge in [-0.05, 0) is 62.3 Å². The van der Waals surface area contributed by atoms with Gasteiger partial charge in [0.05, 0.1) is 23.6 Å². The van der Waals surface area contributed by atoms with Gasteiger partial charge in [0.25, 0.3) is 11.5 Å². The van der Waals surface area contributed by atoms with Crippen molar-refractivity contribution < 1.29 is 14.3 Å². The molecule has 1 amide bonds. The van der Waals surface area contributed by atoms with Crippen molar-refractivity contribution >= 4 is 44.9 Å². The van der Waals surface area contributed by atoms with Crippen LogP contribution in [-0.4, -0.2) is 32.9 Å². The fraction of sp³-hybridized carbons (Fsp3) is 0.452. The lowest BCUT2D eigenvalue weighted by atomic mass is 9.95. The van der Waals surface area contributed by atoms with Crippen LogP contribution in [0.4, 0.5) is 5.00 Å².